The lowest BCUT2D eigenvalue weighted by Crippen LogP contribution is -2.66. The van der Waals surface area contributed by atoms with Gasteiger partial charge in [-0.15, -0.1) is 11.3 Å². The van der Waals surface area contributed by atoms with Crippen molar-refractivity contribution in [2.24, 2.45) is 17.8 Å². The fourth-order valence-electron chi connectivity index (χ4n) is 7.95. The number of halogens is 3. The van der Waals surface area contributed by atoms with Crippen LogP contribution >= 0.6 is 11.3 Å². The number of hydrogen-bond acceptors (Lipinski definition) is 10. The summed E-state index contributed by atoms with van der Waals surface area (Å²) in [4.78, 5) is 66.9. The zero-order valence-electron chi connectivity index (χ0n) is 32.6. The second kappa shape index (κ2) is 15.2. The van der Waals surface area contributed by atoms with E-state index in [0.717, 1.165) is 9.78 Å². The number of amides is 4. The molecule has 6 rings (SSSR count). The highest BCUT2D eigenvalue weighted by Gasteiger charge is 2.64. The Morgan fingerprint density at radius 3 is 2.47 bits per heavy atom. The molecule has 3 fully saturated rings. The summed E-state index contributed by atoms with van der Waals surface area (Å²) in [5.74, 6) is -4.20. The van der Waals surface area contributed by atoms with Crippen LogP contribution in [-0.4, -0.2) is 104 Å². The van der Waals surface area contributed by atoms with E-state index >= 15 is 0 Å². The summed E-state index contributed by atoms with van der Waals surface area (Å²) in [6.45, 7) is 7.73. The van der Waals surface area contributed by atoms with E-state index in [-0.39, 0.29) is 36.6 Å². The van der Waals surface area contributed by atoms with Gasteiger partial charge in [-0.05, 0) is 78.1 Å². The molecular formula is C38H49F3N6O8S2. The highest BCUT2D eigenvalue weighted by atomic mass is 32.2. The van der Waals surface area contributed by atoms with E-state index < -0.39 is 85.9 Å². The van der Waals surface area contributed by atoms with E-state index in [9.17, 15) is 45.9 Å². The van der Waals surface area contributed by atoms with E-state index in [1.807, 2.05) is 13.0 Å². The predicted octanol–water partition coefficient (Wildman–Crippen LogP) is 5.44. The number of rotatable bonds is 8. The van der Waals surface area contributed by atoms with Crippen molar-refractivity contribution in [1.82, 2.24) is 29.8 Å². The molecule has 1 saturated heterocycles. The zero-order chi connectivity index (χ0) is 41.9. The number of fused-ring (bicyclic) bond motifs is 2. The maximum atomic E-state index is 15.0. The summed E-state index contributed by atoms with van der Waals surface area (Å²) in [5.41, 5.74) is -1.94. The standard InChI is InChI=1S/C38H49F3N6O8S2/c1-21-9-7-8-10-24-17-37(24,33(50)45-57(53,54)36(6)11-12-36)44-31(48)28-16-26(55-25-14-23(3)43-27(15-25)29-18-42-20-56-29)19-46(28)32(49)30(22(2)13-21)47(34(51)52)35(4,5)38(39,40)41/h8,10,14-15,18,20-22,24,26,28,30H,7,9,11-13,16-17,19H2,1-6H3,(H,44,48)(H,45,50)(H,51,52)/b10-8-/t21-,22-,24-,26-,28+,30+,37-/m1/s1. The molecule has 4 amide bonds. The number of nitrogens with one attached hydrogen (secondary N) is 2. The van der Waals surface area contributed by atoms with Crippen LogP contribution in [0.5, 0.6) is 5.75 Å². The molecule has 19 heteroatoms. The van der Waals surface area contributed by atoms with Gasteiger partial charge < -0.3 is 20.1 Å². The van der Waals surface area contributed by atoms with Gasteiger partial charge in [0.05, 0.1) is 27.4 Å². The second-order valence-corrected chi connectivity index (χ2v) is 19.9. The molecular weight excluding hydrogens is 790 g/mol. The molecule has 4 aliphatic rings. The Labute approximate surface area is 333 Å². The van der Waals surface area contributed by atoms with Crippen LogP contribution in [-0.2, 0) is 24.4 Å². The van der Waals surface area contributed by atoms with Crippen molar-refractivity contribution in [3.8, 4) is 16.3 Å². The monoisotopic (exact) mass is 838 g/mol. The van der Waals surface area contributed by atoms with Gasteiger partial charge in [-0.2, -0.15) is 13.2 Å². The van der Waals surface area contributed by atoms with Crippen molar-refractivity contribution in [1.29, 1.82) is 0 Å². The van der Waals surface area contributed by atoms with Crippen LogP contribution in [0, 0.1) is 24.7 Å². The first-order chi connectivity index (χ1) is 26.5. The Hall–Kier alpha value is -4.26. The Bertz CT molecular complexity index is 2040. The molecule has 0 spiro atoms. The highest BCUT2D eigenvalue weighted by molar-refractivity contribution is 7.91. The van der Waals surface area contributed by atoms with Crippen LogP contribution in [0.4, 0.5) is 18.0 Å². The molecule has 2 aliphatic carbocycles. The molecule has 0 radical (unpaired) electrons. The normalized spacial score (nSPS) is 29.8. The Morgan fingerprint density at radius 2 is 1.86 bits per heavy atom. The van der Waals surface area contributed by atoms with Gasteiger partial charge in [0.1, 0.15) is 35.0 Å². The van der Waals surface area contributed by atoms with E-state index in [1.165, 1.54) is 25.2 Å². The highest BCUT2D eigenvalue weighted by Crippen LogP contribution is 2.48. The summed E-state index contributed by atoms with van der Waals surface area (Å²) in [7, 11) is -4.11. The van der Waals surface area contributed by atoms with Gasteiger partial charge in [0, 0.05) is 36.4 Å². The topological polar surface area (TPSA) is 188 Å². The fourth-order valence-corrected chi connectivity index (χ4v) is 9.84. The number of carbonyl (C=O) groups excluding carboxylic acids is 3. The van der Waals surface area contributed by atoms with Crippen molar-refractivity contribution in [2.45, 2.75) is 127 Å². The number of alkyl halides is 3. The minimum Gasteiger partial charge on any atom is -0.488 e. The van der Waals surface area contributed by atoms with Crippen molar-refractivity contribution in [3.05, 3.63) is 41.7 Å². The minimum atomic E-state index is -5.08. The van der Waals surface area contributed by atoms with Crippen LogP contribution in [0.25, 0.3) is 10.6 Å². The third-order valence-corrected chi connectivity index (χ3v) is 14.9. The smallest absolute Gasteiger partial charge is 0.411 e. The van der Waals surface area contributed by atoms with Gasteiger partial charge in [-0.25, -0.2) is 13.2 Å². The van der Waals surface area contributed by atoms with Crippen LogP contribution in [0.2, 0.25) is 0 Å². The predicted molar refractivity (Wildman–Crippen MR) is 203 cm³/mol. The van der Waals surface area contributed by atoms with E-state index in [1.54, 1.807) is 36.8 Å². The molecule has 2 aliphatic heterocycles. The van der Waals surface area contributed by atoms with E-state index in [4.69, 9.17) is 4.74 Å². The van der Waals surface area contributed by atoms with Crippen LogP contribution < -0.4 is 14.8 Å². The lowest BCUT2D eigenvalue weighted by Gasteiger charge is -2.45. The number of aromatic nitrogens is 2. The van der Waals surface area contributed by atoms with Gasteiger partial charge in [0.25, 0.3) is 5.91 Å². The van der Waals surface area contributed by atoms with Crippen molar-refractivity contribution in [3.63, 3.8) is 0 Å². The average Bonchev–Trinajstić information content (AvgIpc) is 3.85. The van der Waals surface area contributed by atoms with Gasteiger partial charge >= 0.3 is 12.3 Å². The molecule has 312 valence electrons. The molecule has 0 unspecified atom stereocenters. The maximum Gasteiger partial charge on any atom is 0.411 e. The molecule has 7 atom stereocenters. The number of hydrogen-bond donors (Lipinski definition) is 3. The summed E-state index contributed by atoms with van der Waals surface area (Å²) in [6, 6.07) is -0.0217. The molecule has 2 aromatic rings. The first-order valence-corrected chi connectivity index (χ1v) is 21.3. The molecule has 0 bridgehead atoms. The maximum absolute atomic E-state index is 15.0. The second-order valence-electron chi connectivity index (χ2n) is 16.8. The number of aryl methyl sites for hydroxylation is 1. The van der Waals surface area contributed by atoms with E-state index in [2.05, 4.69) is 20.0 Å². The van der Waals surface area contributed by atoms with Gasteiger partial charge in [0.2, 0.25) is 21.8 Å². The molecule has 2 saturated carbocycles. The Balaban J connectivity index is 1.41. The summed E-state index contributed by atoms with van der Waals surface area (Å²) in [5, 5.41) is 13.2. The fraction of sp³-hybridized carbons (Fsp3) is 0.632. The number of allylic oxidation sites excluding steroid dienone is 1. The number of thiazole rings is 1. The number of pyridine rings is 1. The summed E-state index contributed by atoms with van der Waals surface area (Å²) >= 11 is 1.35. The summed E-state index contributed by atoms with van der Waals surface area (Å²) < 4.78 is 77.8. The molecule has 0 aromatic carbocycles. The molecule has 14 nitrogen and oxygen atoms in total. The molecule has 3 N–H and O–H groups in total. The lowest BCUT2D eigenvalue weighted by atomic mass is 9.85. The molecule has 57 heavy (non-hydrogen) atoms. The third kappa shape index (κ3) is 8.36. The molecule has 4 heterocycles. The van der Waals surface area contributed by atoms with Crippen molar-refractivity contribution in [2.75, 3.05) is 6.54 Å². The van der Waals surface area contributed by atoms with Crippen molar-refractivity contribution >= 4 is 45.2 Å². The first-order valence-electron chi connectivity index (χ1n) is 19.0. The van der Waals surface area contributed by atoms with Gasteiger partial charge in [-0.3, -0.25) is 34.0 Å². The number of carbonyl (C=O) groups is 4. The summed E-state index contributed by atoms with van der Waals surface area (Å²) in [6.07, 6.45) is -1.02. The zero-order valence-corrected chi connectivity index (χ0v) is 34.3. The van der Waals surface area contributed by atoms with Crippen LogP contribution in [0.1, 0.15) is 85.3 Å². The molecule has 2 aromatic heterocycles. The SMILES string of the molecule is Cc1cc(O[C@@H]2C[C@H]3C(=O)N[C@]4(C(=O)NS(=O)(=O)C5(C)CC5)C[C@H]4/C=C\CC[C@@H](C)C[C@@H](C)[C@H](N(C(=O)O)C(C)(C)C(F)(F)F)C(=O)N3C2)cc(-c2cncs2)n1. The lowest BCUT2D eigenvalue weighted by molar-refractivity contribution is -0.222. The third-order valence-electron chi connectivity index (χ3n) is 11.9. The number of ether oxygens (including phenoxy) is 1. The first kappa shape index (κ1) is 42.3. The quantitative estimate of drug-likeness (QED) is 0.289. The van der Waals surface area contributed by atoms with Gasteiger partial charge in [0.15, 0.2) is 0 Å². The van der Waals surface area contributed by atoms with Crippen molar-refractivity contribution < 1.29 is 50.6 Å². The van der Waals surface area contributed by atoms with Gasteiger partial charge in [-0.1, -0.05) is 26.0 Å². The van der Waals surface area contributed by atoms with Crippen LogP contribution in [0.15, 0.2) is 36.0 Å². The average molecular weight is 839 g/mol. The number of sulfonamides is 1. The minimum absolute atomic E-state index is 0.0618. The van der Waals surface area contributed by atoms with Crippen LogP contribution in [0.3, 0.4) is 0 Å². The Morgan fingerprint density at radius 1 is 1.16 bits per heavy atom. The largest absolute Gasteiger partial charge is 0.488 e. The van der Waals surface area contributed by atoms with E-state index in [0.29, 0.717) is 56.7 Å². The number of carboxylic acid groups (broad SMARTS) is 1. The Kier molecular flexibility index (Phi) is 11.3. The number of nitrogens with zero attached hydrogens (tertiary/aromatic N) is 4.